The molecule has 7 nitrogen and oxygen atoms in total. The number of rotatable bonds is 7. The van der Waals surface area contributed by atoms with E-state index in [4.69, 9.17) is 10.5 Å². The fraction of sp³-hybridized carbons (Fsp3) is 0.235. The quantitative estimate of drug-likeness (QED) is 0.640. The number of carbonyl (C=O) groups excluding carboxylic acids is 1. The normalized spacial score (nSPS) is 10.7. The van der Waals surface area contributed by atoms with E-state index in [1.165, 1.54) is 0 Å². The first kappa shape index (κ1) is 15.9. The molecule has 0 aliphatic carbocycles. The molecule has 0 aliphatic heterocycles. The fourth-order valence-corrected chi connectivity index (χ4v) is 2.27. The second-order valence-corrected chi connectivity index (χ2v) is 5.25. The average Bonchev–Trinajstić information content (AvgIpc) is 3.04. The van der Waals surface area contributed by atoms with E-state index in [0.29, 0.717) is 25.3 Å². The molecule has 2 aromatic heterocycles. The Morgan fingerprint density at radius 3 is 2.88 bits per heavy atom. The fourth-order valence-electron chi connectivity index (χ4n) is 2.27. The summed E-state index contributed by atoms with van der Waals surface area (Å²) in [5, 5.41) is 2.89. The maximum atomic E-state index is 12.2. The number of nitrogens with two attached hydrogens (primary N) is 1. The van der Waals surface area contributed by atoms with Crippen molar-refractivity contribution in [2.24, 2.45) is 5.73 Å². The van der Waals surface area contributed by atoms with Gasteiger partial charge in [0.2, 0.25) is 0 Å². The number of aromatic nitrogens is 3. The number of amides is 1. The summed E-state index contributed by atoms with van der Waals surface area (Å²) in [5.41, 5.74) is 7.64. The van der Waals surface area contributed by atoms with Gasteiger partial charge in [0, 0.05) is 18.0 Å². The van der Waals surface area contributed by atoms with Gasteiger partial charge in [-0.15, -0.1) is 0 Å². The molecule has 0 atom stereocenters. The van der Waals surface area contributed by atoms with E-state index < -0.39 is 0 Å². The molecule has 0 spiro atoms. The van der Waals surface area contributed by atoms with Crippen LogP contribution in [0.25, 0.3) is 5.65 Å². The molecule has 0 aliphatic rings. The van der Waals surface area contributed by atoms with Crippen molar-refractivity contribution in [1.29, 1.82) is 0 Å². The Labute approximate surface area is 139 Å². The van der Waals surface area contributed by atoms with Crippen molar-refractivity contribution in [2.45, 2.75) is 13.0 Å². The van der Waals surface area contributed by atoms with E-state index in [2.05, 4.69) is 15.3 Å². The highest BCUT2D eigenvalue weighted by atomic mass is 16.5. The number of nitrogens with one attached hydrogen (secondary N) is 1. The lowest BCUT2D eigenvalue weighted by molar-refractivity contribution is 0.0950. The molecule has 124 valence electrons. The zero-order chi connectivity index (χ0) is 16.8. The van der Waals surface area contributed by atoms with Crippen LogP contribution in [0.5, 0.6) is 5.75 Å². The van der Waals surface area contributed by atoms with Gasteiger partial charge in [-0.3, -0.25) is 14.2 Å². The first-order valence-corrected chi connectivity index (χ1v) is 7.75. The third kappa shape index (κ3) is 3.69. The lowest BCUT2D eigenvalue weighted by Gasteiger charge is -2.07. The van der Waals surface area contributed by atoms with Crippen molar-refractivity contribution in [2.75, 3.05) is 13.2 Å². The van der Waals surface area contributed by atoms with Gasteiger partial charge in [-0.05, 0) is 37.2 Å². The molecule has 3 aromatic rings. The minimum absolute atomic E-state index is 0.146. The van der Waals surface area contributed by atoms with Crippen LogP contribution < -0.4 is 15.8 Å². The van der Waals surface area contributed by atoms with Gasteiger partial charge in [0.05, 0.1) is 31.2 Å². The van der Waals surface area contributed by atoms with Crippen LogP contribution in [-0.2, 0) is 6.54 Å². The first-order valence-electron chi connectivity index (χ1n) is 7.75. The van der Waals surface area contributed by atoms with Crippen LogP contribution >= 0.6 is 0 Å². The van der Waals surface area contributed by atoms with Crippen LogP contribution in [0.2, 0.25) is 0 Å². The van der Waals surface area contributed by atoms with Gasteiger partial charge in [-0.25, -0.2) is 4.98 Å². The highest BCUT2D eigenvalue weighted by Crippen LogP contribution is 2.12. The molecule has 7 heteroatoms. The Hall–Kier alpha value is -2.93. The molecule has 0 saturated heterocycles. The van der Waals surface area contributed by atoms with E-state index in [1.807, 2.05) is 10.6 Å². The number of nitrogens with zero attached hydrogens (tertiary/aromatic N) is 3. The number of imidazole rings is 1. The van der Waals surface area contributed by atoms with Crippen molar-refractivity contribution in [3.8, 4) is 5.75 Å². The van der Waals surface area contributed by atoms with Crippen LogP contribution in [0.4, 0.5) is 0 Å². The first-order chi connectivity index (χ1) is 11.8. The molecule has 0 fully saturated rings. The maximum Gasteiger partial charge on any atom is 0.251 e. The van der Waals surface area contributed by atoms with Gasteiger partial charge < -0.3 is 15.8 Å². The van der Waals surface area contributed by atoms with Gasteiger partial charge in [-0.1, -0.05) is 0 Å². The molecular weight excluding hydrogens is 306 g/mol. The second kappa shape index (κ2) is 7.56. The number of carbonyl (C=O) groups is 1. The average molecular weight is 325 g/mol. The summed E-state index contributed by atoms with van der Waals surface area (Å²) >= 11 is 0. The van der Waals surface area contributed by atoms with Crippen LogP contribution in [0.3, 0.4) is 0 Å². The van der Waals surface area contributed by atoms with Gasteiger partial charge in [0.25, 0.3) is 5.91 Å². The van der Waals surface area contributed by atoms with Gasteiger partial charge >= 0.3 is 0 Å². The molecule has 2 heterocycles. The monoisotopic (exact) mass is 325 g/mol. The molecule has 3 N–H and O–H groups in total. The van der Waals surface area contributed by atoms with Gasteiger partial charge in [-0.2, -0.15) is 0 Å². The van der Waals surface area contributed by atoms with E-state index in [-0.39, 0.29) is 5.91 Å². The highest BCUT2D eigenvalue weighted by Gasteiger charge is 2.08. The van der Waals surface area contributed by atoms with Crippen LogP contribution in [0.15, 0.2) is 49.1 Å². The summed E-state index contributed by atoms with van der Waals surface area (Å²) < 4.78 is 7.41. The van der Waals surface area contributed by atoms with Crippen LogP contribution in [0.1, 0.15) is 22.5 Å². The Morgan fingerprint density at radius 2 is 2.08 bits per heavy atom. The minimum atomic E-state index is -0.146. The molecule has 0 radical (unpaired) electrons. The van der Waals surface area contributed by atoms with Crippen LogP contribution in [-0.4, -0.2) is 33.4 Å². The summed E-state index contributed by atoms with van der Waals surface area (Å²) in [6, 6.07) is 7.05. The third-order valence-electron chi connectivity index (χ3n) is 3.56. The molecule has 1 amide bonds. The second-order valence-electron chi connectivity index (χ2n) is 5.25. The molecule has 0 bridgehead atoms. The molecule has 0 saturated carbocycles. The van der Waals surface area contributed by atoms with E-state index in [9.17, 15) is 4.79 Å². The molecule has 0 unspecified atom stereocenters. The van der Waals surface area contributed by atoms with Crippen molar-refractivity contribution in [3.63, 3.8) is 0 Å². The van der Waals surface area contributed by atoms with Crippen molar-refractivity contribution in [1.82, 2.24) is 19.7 Å². The van der Waals surface area contributed by atoms with Crippen LogP contribution in [0, 0.1) is 0 Å². The number of fused-ring (bicyclic) bond motifs is 1. The van der Waals surface area contributed by atoms with Gasteiger partial charge in [0.1, 0.15) is 5.75 Å². The SMILES string of the molecule is NCCCOc1ccc(C(=O)NCc2cnc3cnccn23)cc1. The standard InChI is InChI=1S/C17H19N5O2/c18-6-1-9-24-15-4-2-13(3-5-15)17(23)21-11-14-10-20-16-12-19-7-8-22(14)16/h2-5,7-8,10,12H,1,6,9,11,18H2,(H,21,23). The number of hydrogen-bond donors (Lipinski definition) is 2. The van der Waals surface area contributed by atoms with E-state index in [1.54, 1.807) is 42.9 Å². The summed E-state index contributed by atoms with van der Waals surface area (Å²) in [7, 11) is 0. The Morgan fingerprint density at radius 1 is 1.25 bits per heavy atom. The Balaban J connectivity index is 1.58. The number of hydrogen-bond acceptors (Lipinski definition) is 5. The predicted octanol–water partition coefficient (Wildman–Crippen LogP) is 1.39. The van der Waals surface area contributed by atoms with Crippen molar-refractivity contribution >= 4 is 11.6 Å². The third-order valence-corrected chi connectivity index (χ3v) is 3.56. The van der Waals surface area contributed by atoms with Crippen molar-refractivity contribution in [3.05, 3.63) is 60.3 Å². The zero-order valence-corrected chi connectivity index (χ0v) is 13.2. The summed E-state index contributed by atoms with van der Waals surface area (Å²) in [5.74, 6) is 0.585. The largest absolute Gasteiger partial charge is 0.494 e. The maximum absolute atomic E-state index is 12.2. The lowest BCUT2D eigenvalue weighted by atomic mass is 10.2. The minimum Gasteiger partial charge on any atom is -0.494 e. The number of ether oxygens (including phenoxy) is 1. The summed E-state index contributed by atoms with van der Waals surface area (Å²) in [6.07, 6.45) is 7.71. The number of benzene rings is 1. The topological polar surface area (TPSA) is 94.5 Å². The molecule has 3 rings (SSSR count). The Bertz CT molecular complexity index is 813. The van der Waals surface area contributed by atoms with Gasteiger partial charge in [0.15, 0.2) is 5.65 Å². The molecular formula is C17H19N5O2. The zero-order valence-electron chi connectivity index (χ0n) is 13.2. The smallest absolute Gasteiger partial charge is 0.251 e. The van der Waals surface area contributed by atoms with E-state index in [0.717, 1.165) is 23.5 Å². The predicted molar refractivity (Wildman–Crippen MR) is 89.8 cm³/mol. The lowest BCUT2D eigenvalue weighted by Crippen LogP contribution is -2.23. The Kier molecular flexibility index (Phi) is 5.02. The highest BCUT2D eigenvalue weighted by molar-refractivity contribution is 5.94. The van der Waals surface area contributed by atoms with Crippen molar-refractivity contribution < 1.29 is 9.53 Å². The van der Waals surface area contributed by atoms with E-state index >= 15 is 0 Å². The summed E-state index contributed by atoms with van der Waals surface area (Å²) in [6.45, 7) is 1.56. The molecule has 24 heavy (non-hydrogen) atoms. The molecule has 1 aromatic carbocycles. The summed E-state index contributed by atoms with van der Waals surface area (Å²) in [4.78, 5) is 20.5.